The van der Waals surface area contributed by atoms with E-state index in [-0.39, 0.29) is 11.8 Å². The van der Waals surface area contributed by atoms with Crippen LogP contribution in [0.2, 0.25) is 5.02 Å². The third-order valence-electron chi connectivity index (χ3n) is 4.80. The van der Waals surface area contributed by atoms with Gasteiger partial charge in [-0.3, -0.25) is 9.59 Å². The number of nitrogens with zero attached hydrogens (tertiary/aromatic N) is 1. The number of anilines is 1. The van der Waals surface area contributed by atoms with Crippen LogP contribution in [0.15, 0.2) is 47.8 Å². The maximum absolute atomic E-state index is 12.8. The highest BCUT2D eigenvalue weighted by molar-refractivity contribution is 7.17. The third-order valence-corrected chi connectivity index (χ3v) is 6.09. The van der Waals surface area contributed by atoms with Crippen molar-refractivity contribution in [2.24, 2.45) is 0 Å². The lowest BCUT2D eigenvalue weighted by molar-refractivity contribution is 0.0947. The molecule has 1 heterocycles. The average molecular weight is 430 g/mol. The Balaban J connectivity index is 1.71. The van der Waals surface area contributed by atoms with E-state index >= 15 is 0 Å². The molecule has 0 unspecified atom stereocenters. The molecule has 0 aliphatic carbocycles. The van der Waals surface area contributed by atoms with Gasteiger partial charge in [-0.1, -0.05) is 37.6 Å². The van der Waals surface area contributed by atoms with E-state index in [0.29, 0.717) is 28.4 Å². The Bertz CT molecular complexity index is 1010. The summed E-state index contributed by atoms with van der Waals surface area (Å²) in [6.07, 6.45) is 0. The lowest BCUT2D eigenvalue weighted by Crippen LogP contribution is -2.34. The summed E-state index contributed by atoms with van der Waals surface area (Å²) in [5.41, 5.74) is 1.48. The molecule has 152 valence electrons. The Morgan fingerprint density at radius 3 is 2.59 bits per heavy atom. The Kier molecular flexibility index (Phi) is 7.25. The Morgan fingerprint density at radius 2 is 1.83 bits per heavy atom. The summed E-state index contributed by atoms with van der Waals surface area (Å²) in [7, 11) is 0. The number of hydrogen-bond donors (Lipinski definition) is 2. The van der Waals surface area contributed by atoms with E-state index in [4.69, 9.17) is 11.6 Å². The van der Waals surface area contributed by atoms with Gasteiger partial charge in [0.15, 0.2) is 0 Å². The normalized spacial score (nSPS) is 11.0. The first kappa shape index (κ1) is 21.3. The zero-order chi connectivity index (χ0) is 20.8. The molecule has 0 spiro atoms. The van der Waals surface area contributed by atoms with Crippen molar-refractivity contribution < 1.29 is 9.59 Å². The molecular formula is C22H24ClN3O2S. The van der Waals surface area contributed by atoms with E-state index in [0.717, 1.165) is 29.7 Å². The topological polar surface area (TPSA) is 61.4 Å². The van der Waals surface area contributed by atoms with Gasteiger partial charge in [-0.05, 0) is 54.2 Å². The number of halogens is 1. The highest BCUT2D eigenvalue weighted by Crippen LogP contribution is 2.26. The van der Waals surface area contributed by atoms with E-state index in [2.05, 4.69) is 29.4 Å². The predicted octanol–water partition coefficient (Wildman–Crippen LogP) is 4.88. The number of rotatable bonds is 8. The molecule has 2 amide bonds. The molecule has 29 heavy (non-hydrogen) atoms. The van der Waals surface area contributed by atoms with Crippen LogP contribution in [0.4, 0.5) is 5.69 Å². The van der Waals surface area contributed by atoms with Crippen LogP contribution >= 0.6 is 22.9 Å². The first-order valence-corrected chi connectivity index (χ1v) is 10.9. The summed E-state index contributed by atoms with van der Waals surface area (Å²) in [4.78, 5) is 27.5. The van der Waals surface area contributed by atoms with Crippen LogP contribution < -0.4 is 10.6 Å². The van der Waals surface area contributed by atoms with Gasteiger partial charge in [-0.2, -0.15) is 0 Å². The molecule has 2 N–H and O–H groups in total. The highest BCUT2D eigenvalue weighted by Gasteiger charge is 2.15. The molecule has 0 bridgehead atoms. The molecule has 0 atom stereocenters. The van der Waals surface area contributed by atoms with Gasteiger partial charge in [-0.25, -0.2) is 0 Å². The second kappa shape index (κ2) is 9.87. The van der Waals surface area contributed by atoms with Crippen molar-refractivity contribution >= 4 is 50.5 Å². The van der Waals surface area contributed by atoms with Gasteiger partial charge < -0.3 is 15.5 Å². The molecule has 0 saturated heterocycles. The first-order valence-electron chi connectivity index (χ1n) is 9.61. The van der Waals surface area contributed by atoms with Crippen LogP contribution in [0, 0.1) is 0 Å². The van der Waals surface area contributed by atoms with Crippen molar-refractivity contribution in [3.8, 4) is 0 Å². The molecule has 0 saturated carbocycles. The fourth-order valence-corrected chi connectivity index (χ4v) is 4.22. The number of thiophene rings is 1. The molecule has 0 aliphatic heterocycles. The second-order valence-electron chi connectivity index (χ2n) is 6.58. The quantitative estimate of drug-likeness (QED) is 0.536. The van der Waals surface area contributed by atoms with Gasteiger partial charge in [0.1, 0.15) is 0 Å². The lowest BCUT2D eigenvalue weighted by Gasteiger charge is -2.18. The van der Waals surface area contributed by atoms with E-state index in [1.54, 1.807) is 24.3 Å². The van der Waals surface area contributed by atoms with Crippen LogP contribution in [-0.4, -0.2) is 42.9 Å². The maximum Gasteiger partial charge on any atom is 0.257 e. The van der Waals surface area contributed by atoms with Crippen LogP contribution in [-0.2, 0) is 0 Å². The fraction of sp³-hybridized carbons (Fsp3) is 0.273. The highest BCUT2D eigenvalue weighted by atomic mass is 35.5. The predicted molar refractivity (Wildman–Crippen MR) is 121 cm³/mol. The number of hydrogen-bond acceptors (Lipinski definition) is 4. The molecular weight excluding hydrogens is 406 g/mol. The molecule has 3 rings (SSSR count). The second-order valence-corrected chi connectivity index (χ2v) is 7.90. The van der Waals surface area contributed by atoms with Crippen molar-refractivity contribution in [2.45, 2.75) is 13.8 Å². The van der Waals surface area contributed by atoms with Gasteiger partial charge in [0.25, 0.3) is 11.8 Å². The lowest BCUT2D eigenvalue weighted by atomic mass is 10.1. The van der Waals surface area contributed by atoms with Crippen molar-refractivity contribution in [3.63, 3.8) is 0 Å². The Hall–Kier alpha value is -2.41. The smallest absolute Gasteiger partial charge is 0.257 e. The van der Waals surface area contributed by atoms with Gasteiger partial charge >= 0.3 is 0 Å². The summed E-state index contributed by atoms with van der Waals surface area (Å²) >= 11 is 7.75. The van der Waals surface area contributed by atoms with Crippen molar-refractivity contribution in [1.29, 1.82) is 0 Å². The summed E-state index contributed by atoms with van der Waals surface area (Å²) in [6.45, 7) is 7.36. The van der Waals surface area contributed by atoms with Gasteiger partial charge in [-0.15, -0.1) is 11.3 Å². The van der Waals surface area contributed by atoms with Crippen molar-refractivity contribution in [3.05, 3.63) is 64.0 Å². The van der Waals surface area contributed by atoms with Crippen LogP contribution in [0.5, 0.6) is 0 Å². The molecule has 0 aliphatic rings. The largest absolute Gasteiger partial charge is 0.351 e. The van der Waals surface area contributed by atoms with Crippen LogP contribution in [0.1, 0.15) is 34.6 Å². The maximum atomic E-state index is 12.8. The molecule has 0 fully saturated rings. The standard InChI is InChI=1S/C22H24ClN3O2S/c1-3-26(4-2)12-11-24-21(27)18-14-16(8-9-19(18)23)25-22(28)17-7-5-6-15-10-13-29-20(15)17/h5-10,13-14H,3-4,11-12H2,1-2H3,(H,24,27)(H,25,28). The summed E-state index contributed by atoms with van der Waals surface area (Å²) < 4.78 is 0.938. The van der Waals surface area contributed by atoms with E-state index in [1.807, 2.05) is 23.6 Å². The van der Waals surface area contributed by atoms with E-state index < -0.39 is 0 Å². The number of carbonyl (C=O) groups is 2. The monoisotopic (exact) mass is 429 g/mol. The molecule has 5 nitrogen and oxygen atoms in total. The van der Waals surface area contributed by atoms with E-state index in [1.165, 1.54) is 11.3 Å². The minimum atomic E-state index is -0.251. The first-order chi connectivity index (χ1) is 14.0. The third kappa shape index (κ3) is 5.15. The Labute approximate surface area is 179 Å². The summed E-state index contributed by atoms with van der Waals surface area (Å²) in [5.74, 6) is -0.466. The SMILES string of the molecule is CCN(CC)CCNC(=O)c1cc(NC(=O)c2cccc3ccsc23)ccc1Cl. The number of carbonyl (C=O) groups excluding carboxylic acids is 2. The number of benzene rings is 2. The number of nitrogens with one attached hydrogen (secondary N) is 2. The van der Waals surface area contributed by atoms with E-state index in [9.17, 15) is 9.59 Å². The minimum Gasteiger partial charge on any atom is -0.351 e. The number of fused-ring (bicyclic) bond motifs is 1. The summed E-state index contributed by atoms with van der Waals surface area (Å²) in [6, 6.07) is 12.6. The van der Waals surface area contributed by atoms with Crippen LogP contribution in [0.25, 0.3) is 10.1 Å². The molecule has 2 aromatic carbocycles. The molecule has 3 aromatic rings. The molecule has 1 aromatic heterocycles. The fourth-order valence-electron chi connectivity index (χ4n) is 3.11. The summed E-state index contributed by atoms with van der Waals surface area (Å²) in [5, 5.41) is 9.12. The van der Waals surface area contributed by atoms with Crippen molar-refractivity contribution in [1.82, 2.24) is 10.2 Å². The van der Waals surface area contributed by atoms with Crippen molar-refractivity contribution in [2.75, 3.05) is 31.5 Å². The average Bonchev–Trinajstić information content (AvgIpc) is 3.21. The minimum absolute atomic E-state index is 0.215. The number of amides is 2. The van der Waals surface area contributed by atoms with Gasteiger partial charge in [0.05, 0.1) is 16.1 Å². The molecule has 0 radical (unpaired) electrons. The zero-order valence-electron chi connectivity index (χ0n) is 16.5. The Morgan fingerprint density at radius 1 is 1.03 bits per heavy atom. The van der Waals surface area contributed by atoms with Gasteiger partial charge in [0, 0.05) is 23.5 Å². The molecule has 7 heteroatoms. The van der Waals surface area contributed by atoms with Crippen LogP contribution in [0.3, 0.4) is 0 Å². The number of likely N-dealkylation sites (N-methyl/N-ethyl adjacent to an activating group) is 1. The van der Waals surface area contributed by atoms with Gasteiger partial charge in [0.2, 0.25) is 0 Å². The zero-order valence-corrected chi connectivity index (χ0v) is 18.1.